The van der Waals surface area contributed by atoms with E-state index in [4.69, 9.17) is 21.1 Å². The van der Waals surface area contributed by atoms with Gasteiger partial charge in [-0.3, -0.25) is 4.79 Å². The fraction of sp³-hybridized carbons (Fsp3) is 0.150. The quantitative estimate of drug-likeness (QED) is 0.681. The number of fused-ring (bicyclic) bond motifs is 1. The lowest BCUT2D eigenvalue weighted by Gasteiger charge is -2.16. The summed E-state index contributed by atoms with van der Waals surface area (Å²) in [6.45, 7) is 1.63. The number of ether oxygens (including phenoxy) is 2. The molecule has 0 unspecified atom stereocenters. The normalized spacial score (nSPS) is 11.8. The molecule has 1 amide bonds. The van der Waals surface area contributed by atoms with E-state index in [-0.39, 0.29) is 10.9 Å². The van der Waals surface area contributed by atoms with Crippen molar-refractivity contribution in [2.75, 3.05) is 12.4 Å². The number of anilines is 1. The van der Waals surface area contributed by atoms with Gasteiger partial charge in [0.25, 0.3) is 5.91 Å². The van der Waals surface area contributed by atoms with Crippen LogP contribution in [0.5, 0.6) is 11.5 Å². The van der Waals surface area contributed by atoms with Gasteiger partial charge in [-0.25, -0.2) is 4.39 Å². The molecule has 0 aliphatic rings. The van der Waals surface area contributed by atoms with Gasteiger partial charge >= 0.3 is 0 Å². The average molecular weight is 374 g/mol. The monoisotopic (exact) mass is 373 g/mol. The maximum absolute atomic E-state index is 13.1. The maximum atomic E-state index is 13.1. The third kappa shape index (κ3) is 4.06. The summed E-state index contributed by atoms with van der Waals surface area (Å²) in [6, 6.07) is 15.0. The van der Waals surface area contributed by atoms with Crippen molar-refractivity contribution in [2.45, 2.75) is 13.0 Å². The van der Waals surface area contributed by atoms with E-state index >= 15 is 0 Å². The van der Waals surface area contributed by atoms with E-state index in [0.717, 1.165) is 22.6 Å². The molecule has 0 bridgehead atoms. The first-order chi connectivity index (χ1) is 12.5. The molecule has 26 heavy (non-hydrogen) atoms. The molecule has 0 saturated heterocycles. The number of hydrogen-bond acceptors (Lipinski definition) is 3. The number of carbonyl (C=O) groups excluding carboxylic acids is 1. The molecule has 3 aromatic rings. The molecular weight excluding hydrogens is 357 g/mol. The van der Waals surface area contributed by atoms with Gasteiger partial charge < -0.3 is 14.8 Å². The number of hydrogen-bond donors (Lipinski definition) is 1. The molecule has 3 rings (SSSR count). The first-order valence-corrected chi connectivity index (χ1v) is 8.34. The molecule has 0 heterocycles. The third-order valence-electron chi connectivity index (χ3n) is 3.89. The minimum atomic E-state index is -0.765. The SMILES string of the molecule is COc1ccc2ccc(O[C@@H](C)C(=O)Nc3ccc(F)cc3Cl)cc2c1. The Hall–Kier alpha value is -2.79. The minimum Gasteiger partial charge on any atom is -0.497 e. The molecule has 0 radical (unpaired) electrons. The molecule has 0 aliphatic heterocycles. The van der Waals surface area contributed by atoms with Gasteiger partial charge in [-0.2, -0.15) is 0 Å². The summed E-state index contributed by atoms with van der Waals surface area (Å²) >= 11 is 5.92. The number of halogens is 2. The standard InChI is InChI=1S/C20H17ClFNO3/c1-12(20(24)23-19-8-5-15(22)11-18(19)21)26-17-7-4-13-3-6-16(25-2)9-14(13)10-17/h3-12H,1-2H3,(H,23,24)/t12-/m0/s1. The second-order valence-electron chi connectivity index (χ2n) is 5.75. The number of nitrogens with one attached hydrogen (secondary N) is 1. The van der Waals surface area contributed by atoms with Crippen LogP contribution in [0.2, 0.25) is 5.02 Å². The molecule has 1 atom stereocenters. The molecule has 0 fully saturated rings. The minimum absolute atomic E-state index is 0.128. The van der Waals surface area contributed by atoms with Crippen molar-refractivity contribution in [2.24, 2.45) is 0 Å². The lowest BCUT2D eigenvalue weighted by atomic mass is 10.1. The number of rotatable bonds is 5. The zero-order valence-electron chi connectivity index (χ0n) is 14.3. The highest BCUT2D eigenvalue weighted by atomic mass is 35.5. The Morgan fingerprint density at radius 1 is 1.04 bits per heavy atom. The van der Waals surface area contributed by atoms with Crippen molar-refractivity contribution in [3.63, 3.8) is 0 Å². The largest absolute Gasteiger partial charge is 0.497 e. The Balaban J connectivity index is 1.73. The van der Waals surface area contributed by atoms with E-state index in [2.05, 4.69) is 5.32 Å². The smallest absolute Gasteiger partial charge is 0.265 e. The highest BCUT2D eigenvalue weighted by Crippen LogP contribution is 2.26. The summed E-state index contributed by atoms with van der Waals surface area (Å²) in [5.74, 6) is 0.443. The lowest BCUT2D eigenvalue weighted by Crippen LogP contribution is -2.30. The van der Waals surface area contributed by atoms with E-state index in [1.165, 1.54) is 12.1 Å². The van der Waals surface area contributed by atoms with E-state index in [9.17, 15) is 9.18 Å². The van der Waals surface area contributed by atoms with Gasteiger partial charge in [0.2, 0.25) is 0 Å². The van der Waals surface area contributed by atoms with Crippen LogP contribution in [-0.4, -0.2) is 19.1 Å². The van der Waals surface area contributed by atoms with Gasteiger partial charge in [-0.1, -0.05) is 23.7 Å². The van der Waals surface area contributed by atoms with Gasteiger partial charge in [0.05, 0.1) is 17.8 Å². The molecule has 4 nitrogen and oxygen atoms in total. The lowest BCUT2D eigenvalue weighted by molar-refractivity contribution is -0.122. The topological polar surface area (TPSA) is 47.6 Å². The zero-order valence-corrected chi connectivity index (χ0v) is 15.0. The van der Waals surface area contributed by atoms with Gasteiger partial charge in [0, 0.05) is 0 Å². The molecule has 1 N–H and O–H groups in total. The predicted molar refractivity (Wildman–Crippen MR) is 101 cm³/mol. The Morgan fingerprint density at radius 2 is 1.73 bits per heavy atom. The van der Waals surface area contributed by atoms with E-state index < -0.39 is 11.9 Å². The zero-order chi connectivity index (χ0) is 18.7. The summed E-state index contributed by atoms with van der Waals surface area (Å²) in [4.78, 5) is 12.3. The van der Waals surface area contributed by atoms with Crippen LogP contribution in [0.1, 0.15) is 6.92 Å². The molecule has 3 aromatic carbocycles. The summed E-state index contributed by atoms with van der Waals surface area (Å²) < 4.78 is 24.0. The van der Waals surface area contributed by atoms with Crippen molar-refractivity contribution < 1.29 is 18.7 Å². The van der Waals surface area contributed by atoms with Crippen LogP contribution in [0, 0.1) is 5.82 Å². The summed E-state index contributed by atoms with van der Waals surface area (Å²) in [5, 5.41) is 4.73. The van der Waals surface area contributed by atoms with E-state index in [1.54, 1.807) is 20.1 Å². The summed E-state index contributed by atoms with van der Waals surface area (Å²) in [7, 11) is 1.61. The van der Waals surface area contributed by atoms with Crippen LogP contribution in [-0.2, 0) is 4.79 Å². The second-order valence-corrected chi connectivity index (χ2v) is 6.16. The molecule has 0 aromatic heterocycles. The van der Waals surface area contributed by atoms with Crippen LogP contribution in [0.4, 0.5) is 10.1 Å². The van der Waals surface area contributed by atoms with Gasteiger partial charge in [-0.05, 0) is 60.2 Å². The average Bonchev–Trinajstić information content (AvgIpc) is 2.63. The van der Waals surface area contributed by atoms with Gasteiger partial charge in [0.15, 0.2) is 6.10 Å². The molecular formula is C20H17ClFNO3. The Labute approximate surface area is 155 Å². The Morgan fingerprint density at radius 3 is 2.42 bits per heavy atom. The Kier molecular flexibility index (Phi) is 5.28. The number of methoxy groups -OCH3 is 1. The fourth-order valence-corrected chi connectivity index (χ4v) is 2.70. The highest BCUT2D eigenvalue weighted by Gasteiger charge is 2.16. The molecule has 6 heteroatoms. The van der Waals surface area contributed by atoms with Gasteiger partial charge in [-0.15, -0.1) is 0 Å². The summed E-state index contributed by atoms with van der Waals surface area (Å²) in [6.07, 6.45) is -0.765. The number of benzene rings is 3. The number of amides is 1. The first kappa shape index (κ1) is 18.0. The maximum Gasteiger partial charge on any atom is 0.265 e. The van der Waals surface area contributed by atoms with Crippen molar-refractivity contribution in [1.82, 2.24) is 0 Å². The predicted octanol–water partition coefficient (Wildman–Crippen LogP) is 5.05. The third-order valence-corrected chi connectivity index (χ3v) is 4.20. The van der Waals surface area contributed by atoms with Crippen molar-refractivity contribution in [3.8, 4) is 11.5 Å². The molecule has 0 saturated carbocycles. The van der Waals surface area contributed by atoms with Gasteiger partial charge in [0.1, 0.15) is 17.3 Å². The van der Waals surface area contributed by atoms with Crippen LogP contribution in [0.25, 0.3) is 10.8 Å². The molecule has 134 valence electrons. The number of carbonyl (C=O) groups is 1. The van der Waals surface area contributed by atoms with Crippen molar-refractivity contribution in [1.29, 1.82) is 0 Å². The first-order valence-electron chi connectivity index (χ1n) is 7.96. The van der Waals surface area contributed by atoms with Crippen LogP contribution < -0.4 is 14.8 Å². The van der Waals surface area contributed by atoms with Crippen LogP contribution in [0.15, 0.2) is 54.6 Å². The van der Waals surface area contributed by atoms with Crippen molar-refractivity contribution >= 4 is 34.0 Å². The van der Waals surface area contributed by atoms with E-state index in [1.807, 2.05) is 30.3 Å². The fourth-order valence-electron chi connectivity index (χ4n) is 2.49. The highest BCUT2D eigenvalue weighted by molar-refractivity contribution is 6.33. The van der Waals surface area contributed by atoms with E-state index in [0.29, 0.717) is 11.4 Å². The molecule has 0 aliphatic carbocycles. The van der Waals surface area contributed by atoms with Crippen LogP contribution >= 0.6 is 11.6 Å². The van der Waals surface area contributed by atoms with Crippen molar-refractivity contribution in [3.05, 3.63) is 65.4 Å². The molecule has 0 spiro atoms. The Bertz CT molecular complexity index is 961. The summed E-state index contributed by atoms with van der Waals surface area (Å²) in [5.41, 5.74) is 0.330. The second kappa shape index (κ2) is 7.62. The van der Waals surface area contributed by atoms with Crippen LogP contribution in [0.3, 0.4) is 0 Å².